The Morgan fingerprint density at radius 1 is 1.03 bits per heavy atom. The van der Waals surface area contributed by atoms with E-state index in [0.717, 1.165) is 31.5 Å². The van der Waals surface area contributed by atoms with E-state index in [-0.39, 0.29) is 17.0 Å². The lowest BCUT2D eigenvalue weighted by Crippen LogP contribution is -2.40. The lowest BCUT2D eigenvalue weighted by molar-refractivity contribution is -0.131. The molecule has 0 bridgehead atoms. The smallest absolute Gasteiger partial charge is 0.235 e. The van der Waals surface area contributed by atoms with Crippen LogP contribution in [0.5, 0.6) is 0 Å². The lowest BCUT2D eigenvalue weighted by atomic mass is 10.1. The highest BCUT2D eigenvalue weighted by Crippen LogP contribution is 2.30. The number of aromatic nitrogens is 3. The molecule has 1 unspecified atom stereocenters. The zero-order valence-electron chi connectivity index (χ0n) is 17.0. The largest absolute Gasteiger partial charge is 0.342 e. The number of hydrogen-bond donors (Lipinski definition) is 0. The second-order valence-corrected chi connectivity index (χ2v) is 8.81. The minimum absolute atomic E-state index is 0.126. The van der Waals surface area contributed by atoms with E-state index in [1.807, 2.05) is 46.7 Å². The summed E-state index contributed by atoms with van der Waals surface area (Å²) in [4.78, 5) is 14.8. The fourth-order valence-corrected chi connectivity index (χ4v) is 4.64. The molecule has 0 N–H and O–H groups in total. The van der Waals surface area contributed by atoms with E-state index < -0.39 is 0 Å². The first-order valence-electron chi connectivity index (χ1n) is 10.3. The number of piperidine rings is 1. The third-order valence-electron chi connectivity index (χ3n) is 5.31. The van der Waals surface area contributed by atoms with Crippen molar-refractivity contribution >= 4 is 17.7 Å². The summed E-state index contributed by atoms with van der Waals surface area (Å²) in [6.45, 7) is 4.05. The van der Waals surface area contributed by atoms with Crippen LogP contribution in [0.15, 0.2) is 59.8 Å². The van der Waals surface area contributed by atoms with Gasteiger partial charge in [0.15, 0.2) is 11.0 Å². The topological polar surface area (TPSA) is 51.0 Å². The normalized spacial score (nSPS) is 15.2. The predicted molar refractivity (Wildman–Crippen MR) is 117 cm³/mol. The highest BCUT2D eigenvalue weighted by molar-refractivity contribution is 8.00. The first-order chi connectivity index (χ1) is 14.6. The summed E-state index contributed by atoms with van der Waals surface area (Å²) in [5, 5.41) is 8.97. The molecule has 0 saturated carbocycles. The second-order valence-electron chi connectivity index (χ2n) is 7.50. The average molecular weight is 425 g/mol. The molecule has 5 nitrogen and oxygen atoms in total. The molecular weight excluding hydrogens is 399 g/mol. The standard InChI is InChI=1S/C23H25FN4OS/c1-17(22(29)27-14-8-3-9-15-27)30-23-26-25-21(19-12-6-7-13-20(19)24)28(23)16-18-10-4-2-5-11-18/h2,4-7,10-13,17H,3,8-9,14-16H2,1H3. The van der Waals surface area contributed by atoms with Crippen molar-refractivity contribution in [1.29, 1.82) is 0 Å². The summed E-state index contributed by atoms with van der Waals surface area (Å²) in [7, 11) is 0. The molecule has 1 saturated heterocycles. The number of nitrogens with zero attached hydrogens (tertiary/aromatic N) is 4. The fraction of sp³-hybridized carbons (Fsp3) is 0.348. The number of halogens is 1. The minimum atomic E-state index is -0.340. The molecule has 1 amide bonds. The van der Waals surface area contributed by atoms with Crippen LogP contribution in [0.3, 0.4) is 0 Å². The van der Waals surface area contributed by atoms with Gasteiger partial charge < -0.3 is 4.90 Å². The molecule has 1 aliphatic heterocycles. The number of carbonyl (C=O) groups excluding carboxylic acids is 1. The van der Waals surface area contributed by atoms with Gasteiger partial charge in [-0.1, -0.05) is 54.2 Å². The van der Waals surface area contributed by atoms with Gasteiger partial charge in [-0.15, -0.1) is 10.2 Å². The summed E-state index contributed by atoms with van der Waals surface area (Å²) in [5.41, 5.74) is 1.47. The molecule has 3 aromatic rings. The van der Waals surface area contributed by atoms with Crippen LogP contribution in [0.25, 0.3) is 11.4 Å². The highest BCUT2D eigenvalue weighted by Gasteiger charge is 2.26. The van der Waals surface area contributed by atoms with E-state index in [2.05, 4.69) is 10.2 Å². The summed E-state index contributed by atoms with van der Waals surface area (Å²) in [6, 6.07) is 16.5. The molecule has 7 heteroatoms. The summed E-state index contributed by atoms with van der Waals surface area (Å²) >= 11 is 1.39. The molecule has 156 valence electrons. The molecule has 0 spiro atoms. The van der Waals surface area contributed by atoms with Crippen molar-refractivity contribution in [1.82, 2.24) is 19.7 Å². The Kier molecular flexibility index (Phi) is 6.47. The summed E-state index contributed by atoms with van der Waals surface area (Å²) in [6.07, 6.45) is 3.30. The van der Waals surface area contributed by atoms with Crippen molar-refractivity contribution in [2.24, 2.45) is 0 Å². The minimum Gasteiger partial charge on any atom is -0.342 e. The first-order valence-corrected chi connectivity index (χ1v) is 11.2. The Hall–Kier alpha value is -2.67. The van der Waals surface area contributed by atoms with Crippen LogP contribution in [-0.4, -0.2) is 43.9 Å². The van der Waals surface area contributed by atoms with Crippen LogP contribution >= 0.6 is 11.8 Å². The molecule has 1 aromatic heterocycles. The van der Waals surface area contributed by atoms with Gasteiger partial charge in [-0.25, -0.2) is 4.39 Å². The fourth-order valence-electron chi connectivity index (χ4n) is 3.71. The number of thioether (sulfide) groups is 1. The van der Waals surface area contributed by atoms with Crippen LogP contribution in [0, 0.1) is 5.82 Å². The molecule has 30 heavy (non-hydrogen) atoms. The molecule has 1 aliphatic rings. The molecule has 2 aromatic carbocycles. The second kappa shape index (κ2) is 9.43. The van der Waals surface area contributed by atoms with E-state index in [9.17, 15) is 9.18 Å². The number of carbonyl (C=O) groups is 1. The van der Waals surface area contributed by atoms with Crippen molar-refractivity contribution in [2.45, 2.75) is 43.1 Å². The third-order valence-corrected chi connectivity index (χ3v) is 6.38. The Balaban J connectivity index is 1.63. The molecule has 0 aliphatic carbocycles. The number of benzene rings is 2. The van der Waals surface area contributed by atoms with Gasteiger partial charge in [-0.2, -0.15) is 0 Å². The Morgan fingerprint density at radius 3 is 2.47 bits per heavy atom. The van der Waals surface area contributed by atoms with Crippen LogP contribution < -0.4 is 0 Å². The maximum absolute atomic E-state index is 14.5. The average Bonchev–Trinajstić information content (AvgIpc) is 3.16. The maximum Gasteiger partial charge on any atom is 0.235 e. The molecule has 0 radical (unpaired) electrons. The zero-order chi connectivity index (χ0) is 20.9. The Labute approximate surface area is 180 Å². The quantitative estimate of drug-likeness (QED) is 0.542. The van der Waals surface area contributed by atoms with Gasteiger partial charge in [-0.05, 0) is 43.9 Å². The van der Waals surface area contributed by atoms with Gasteiger partial charge in [0.2, 0.25) is 5.91 Å². The van der Waals surface area contributed by atoms with E-state index in [4.69, 9.17) is 0 Å². The van der Waals surface area contributed by atoms with Crippen molar-refractivity contribution in [3.8, 4) is 11.4 Å². The van der Waals surface area contributed by atoms with Crippen LogP contribution in [0.4, 0.5) is 4.39 Å². The van der Waals surface area contributed by atoms with E-state index in [1.54, 1.807) is 18.2 Å². The molecule has 2 heterocycles. The third kappa shape index (κ3) is 4.56. The van der Waals surface area contributed by atoms with Crippen molar-refractivity contribution in [3.63, 3.8) is 0 Å². The van der Waals surface area contributed by atoms with Crippen molar-refractivity contribution in [2.75, 3.05) is 13.1 Å². The van der Waals surface area contributed by atoms with Gasteiger partial charge in [0.25, 0.3) is 0 Å². The number of hydrogen-bond acceptors (Lipinski definition) is 4. The number of likely N-dealkylation sites (tertiary alicyclic amines) is 1. The number of amides is 1. The van der Waals surface area contributed by atoms with E-state index in [1.165, 1.54) is 24.2 Å². The summed E-state index contributed by atoms with van der Waals surface area (Å²) in [5.74, 6) is 0.256. The van der Waals surface area contributed by atoms with Crippen molar-refractivity contribution in [3.05, 3.63) is 66.0 Å². The predicted octanol–water partition coefficient (Wildman–Crippen LogP) is 4.63. The molecule has 1 fully saturated rings. The van der Waals surface area contributed by atoms with Gasteiger partial charge in [0.05, 0.1) is 17.4 Å². The van der Waals surface area contributed by atoms with Gasteiger partial charge in [-0.3, -0.25) is 9.36 Å². The zero-order valence-corrected chi connectivity index (χ0v) is 17.8. The Morgan fingerprint density at radius 2 is 1.73 bits per heavy atom. The van der Waals surface area contributed by atoms with Gasteiger partial charge in [0, 0.05) is 13.1 Å². The van der Waals surface area contributed by atoms with Crippen LogP contribution in [0.1, 0.15) is 31.7 Å². The monoisotopic (exact) mass is 424 g/mol. The van der Waals surface area contributed by atoms with Crippen LogP contribution in [0.2, 0.25) is 0 Å². The molecular formula is C23H25FN4OS. The first kappa shape index (κ1) is 20.6. The van der Waals surface area contributed by atoms with Crippen LogP contribution in [-0.2, 0) is 11.3 Å². The SMILES string of the molecule is CC(Sc1nnc(-c2ccccc2F)n1Cc1ccccc1)C(=O)N1CCCCC1. The molecule has 4 rings (SSSR count). The van der Waals surface area contributed by atoms with Gasteiger partial charge in [0.1, 0.15) is 5.82 Å². The van der Waals surface area contributed by atoms with Gasteiger partial charge >= 0.3 is 0 Å². The maximum atomic E-state index is 14.5. The highest BCUT2D eigenvalue weighted by atomic mass is 32.2. The summed E-state index contributed by atoms with van der Waals surface area (Å²) < 4.78 is 16.4. The number of rotatable bonds is 6. The Bertz CT molecular complexity index is 1000. The van der Waals surface area contributed by atoms with Crippen molar-refractivity contribution < 1.29 is 9.18 Å². The molecule has 1 atom stereocenters. The van der Waals surface area contributed by atoms with E-state index in [0.29, 0.717) is 23.1 Å². The lowest BCUT2D eigenvalue weighted by Gasteiger charge is -2.28. The van der Waals surface area contributed by atoms with E-state index >= 15 is 0 Å².